The van der Waals surface area contributed by atoms with Gasteiger partial charge in [-0.05, 0) is 32.3 Å². The van der Waals surface area contributed by atoms with Gasteiger partial charge in [-0.3, -0.25) is 0 Å². The average Bonchev–Trinajstić information content (AvgIpc) is 2.94. The van der Waals surface area contributed by atoms with Crippen LogP contribution in [-0.2, 0) is 23.3 Å². The molecule has 1 aliphatic rings. The molecule has 5 nitrogen and oxygen atoms in total. The Labute approximate surface area is 137 Å². The van der Waals surface area contributed by atoms with Gasteiger partial charge >= 0.3 is 0 Å². The van der Waals surface area contributed by atoms with Crippen molar-refractivity contribution in [2.24, 2.45) is 5.73 Å². The summed E-state index contributed by atoms with van der Waals surface area (Å²) in [5.74, 6) is 0.979. The normalized spacial score (nSPS) is 17.7. The van der Waals surface area contributed by atoms with Gasteiger partial charge in [-0.15, -0.1) is 0 Å². The summed E-state index contributed by atoms with van der Waals surface area (Å²) in [6, 6.07) is 8.36. The van der Waals surface area contributed by atoms with Crippen molar-refractivity contribution in [1.82, 2.24) is 9.55 Å². The van der Waals surface area contributed by atoms with Crippen molar-refractivity contribution >= 4 is 0 Å². The molecule has 1 unspecified atom stereocenters. The highest BCUT2D eigenvalue weighted by atomic mass is 16.5. The van der Waals surface area contributed by atoms with Crippen molar-refractivity contribution in [3.63, 3.8) is 0 Å². The maximum absolute atomic E-state index is 8.93. The number of aromatic nitrogens is 2. The Balaban J connectivity index is 1.79. The number of ether oxygens (including phenoxy) is 1. The maximum atomic E-state index is 8.93. The molecular formula is C18H25N3O2. The van der Waals surface area contributed by atoms with Crippen LogP contribution in [0, 0.1) is 0 Å². The molecule has 2 heterocycles. The zero-order valence-electron chi connectivity index (χ0n) is 13.8. The van der Waals surface area contributed by atoms with Gasteiger partial charge in [0.1, 0.15) is 11.4 Å². The molecule has 0 spiro atoms. The lowest BCUT2D eigenvalue weighted by Crippen LogP contribution is -2.33. The zero-order valence-corrected chi connectivity index (χ0v) is 13.8. The number of nitrogens with zero attached hydrogens (tertiary/aromatic N) is 2. The summed E-state index contributed by atoms with van der Waals surface area (Å²) < 4.78 is 7.99. The largest absolute Gasteiger partial charge is 0.396 e. The van der Waals surface area contributed by atoms with Crippen molar-refractivity contribution in [1.29, 1.82) is 0 Å². The minimum absolute atomic E-state index is 0.00344. The van der Waals surface area contributed by atoms with Gasteiger partial charge in [-0.1, -0.05) is 24.3 Å². The van der Waals surface area contributed by atoms with Gasteiger partial charge in [0.05, 0.1) is 12.3 Å². The number of aliphatic hydroxyl groups excluding tert-OH is 1. The minimum atomic E-state index is -0.340. The van der Waals surface area contributed by atoms with E-state index < -0.39 is 0 Å². The fourth-order valence-electron chi connectivity index (χ4n) is 3.05. The predicted octanol–water partition coefficient (Wildman–Crippen LogP) is 2.07. The number of hydrogen-bond donors (Lipinski definition) is 2. The molecule has 0 saturated heterocycles. The molecule has 0 saturated carbocycles. The Kier molecular flexibility index (Phi) is 4.53. The quantitative estimate of drug-likeness (QED) is 0.886. The van der Waals surface area contributed by atoms with Crippen LogP contribution >= 0.6 is 0 Å². The summed E-state index contributed by atoms with van der Waals surface area (Å²) >= 11 is 0. The molecule has 1 aromatic heterocycles. The molecule has 2 aromatic rings. The molecule has 0 radical (unpaired) electrons. The molecule has 0 bridgehead atoms. The number of hydrogen-bond acceptors (Lipinski definition) is 4. The van der Waals surface area contributed by atoms with E-state index in [0.717, 1.165) is 36.7 Å². The fourth-order valence-corrected chi connectivity index (χ4v) is 3.05. The van der Waals surface area contributed by atoms with Crippen LogP contribution in [0.5, 0.6) is 0 Å². The van der Waals surface area contributed by atoms with Gasteiger partial charge in [0.2, 0.25) is 0 Å². The molecule has 5 heteroatoms. The highest BCUT2D eigenvalue weighted by molar-refractivity contribution is 5.59. The Morgan fingerprint density at radius 2 is 2.09 bits per heavy atom. The standard InChI is InChI=1S/C18H25N3O2/c1-18(2)17-20-16(12-21(17)8-10-23-18)14-5-3-13(4-6-14)11-15(19)7-9-22/h3-6,12,15,22H,7-11,19H2,1-2H3. The van der Waals surface area contributed by atoms with Gasteiger partial charge in [-0.25, -0.2) is 4.98 Å². The van der Waals surface area contributed by atoms with E-state index in [2.05, 4.69) is 48.9 Å². The molecule has 124 valence electrons. The summed E-state index contributed by atoms with van der Waals surface area (Å²) in [5, 5.41) is 8.93. The van der Waals surface area contributed by atoms with E-state index in [1.807, 2.05) is 0 Å². The van der Waals surface area contributed by atoms with E-state index in [9.17, 15) is 0 Å². The molecule has 3 N–H and O–H groups in total. The van der Waals surface area contributed by atoms with Gasteiger partial charge in [0.25, 0.3) is 0 Å². The first-order valence-electron chi connectivity index (χ1n) is 8.17. The topological polar surface area (TPSA) is 73.3 Å². The van der Waals surface area contributed by atoms with Crippen LogP contribution in [-0.4, -0.2) is 33.9 Å². The van der Waals surface area contributed by atoms with Crippen LogP contribution in [0.4, 0.5) is 0 Å². The summed E-state index contributed by atoms with van der Waals surface area (Å²) in [5.41, 5.74) is 8.89. The second kappa shape index (κ2) is 6.43. The molecular weight excluding hydrogens is 290 g/mol. The van der Waals surface area contributed by atoms with Crippen molar-refractivity contribution in [2.45, 2.75) is 44.9 Å². The van der Waals surface area contributed by atoms with E-state index in [0.29, 0.717) is 6.42 Å². The van der Waals surface area contributed by atoms with Crippen LogP contribution < -0.4 is 5.73 Å². The van der Waals surface area contributed by atoms with Gasteiger partial charge in [0, 0.05) is 31.0 Å². The van der Waals surface area contributed by atoms with Gasteiger partial charge in [-0.2, -0.15) is 0 Å². The predicted molar refractivity (Wildman–Crippen MR) is 90.0 cm³/mol. The Hall–Kier alpha value is -1.69. The summed E-state index contributed by atoms with van der Waals surface area (Å²) in [6.45, 7) is 5.81. The molecule has 23 heavy (non-hydrogen) atoms. The van der Waals surface area contributed by atoms with Crippen LogP contribution in [0.25, 0.3) is 11.3 Å². The lowest BCUT2D eigenvalue weighted by Gasteiger charge is -2.30. The summed E-state index contributed by atoms with van der Waals surface area (Å²) in [4.78, 5) is 4.77. The zero-order chi connectivity index (χ0) is 16.4. The van der Waals surface area contributed by atoms with Crippen LogP contribution in [0.2, 0.25) is 0 Å². The third-order valence-electron chi connectivity index (χ3n) is 4.36. The smallest absolute Gasteiger partial charge is 0.141 e. The average molecular weight is 315 g/mol. The van der Waals surface area contributed by atoms with E-state index in [1.54, 1.807) is 0 Å². The van der Waals surface area contributed by atoms with Crippen molar-refractivity contribution in [3.05, 3.63) is 41.9 Å². The molecule has 1 aliphatic heterocycles. The monoisotopic (exact) mass is 315 g/mol. The highest BCUT2D eigenvalue weighted by Gasteiger charge is 2.31. The molecule has 0 amide bonds. The van der Waals surface area contributed by atoms with E-state index in [-0.39, 0.29) is 18.2 Å². The number of rotatable bonds is 5. The first-order valence-corrected chi connectivity index (χ1v) is 8.17. The Morgan fingerprint density at radius 3 is 2.74 bits per heavy atom. The lowest BCUT2D eigenvalue weighted by atomic mass is 10.0. The lowest BCUT2D eigenvalue weighted by molar-refractivity contribution is -0.0538. The molecule has 1 atom stereocenters. The van der Waals surface area contributed by atoms with E-state index in [1.165, 1.54) is 5.56 Å². The number of aliphatic hydroxyl groups is 1. The minimum Gasteiger partial charge on any atom is -0.396 e. The fraction of sp³-hybridized carbons (Fsp3) is 0.500. The Bertz CT molecular complexity index is 661. The number of imidazole rings is 1. The second-order valence-corrected chi connectivity index (χ2v) is 6.68. The molecule has 3 rings (SSSR count). The van der Waals surface area contributed by atoms with Crippen LogP contribution in [0.3, 0.4) is 0 Å². The third kappa shape index (κ3) is 3.47. The summed E-state index contributed by atoms with van der Waals surface area (Å²) in [7, 11) is 0. The van der Waals surface area contributed by atoms with Gasteiger partial charge < -0.3 is 20.1 Å². The first-order chi connectivity index (χ1) is 11.0. The Morgan fingerprint density at radius 1 is 1.35 bits per heavy atom. The van der Waals surface area contributed by atoms with E-state index in [4.69, 9.17) is 20.6 Å². The van der Waals surface area contributed by atoms with Crippen molar-refractivity contribution in [3.8, 4) is 11.3 Å². The molecule has 0 aliphatic carbocycles. The van der Waals surface area contributed by atoms with Crippen LogP contribution in [0.1, 0.15) is 31.7 Å². The van der Waals surface area contributed by atoms with E-state index >= 15 is 0 Å². The van der Waals surface area contributed by atoms with Gasteiger partial charge in [0.15, 0.2) is 0 Å². The number of nitrogens with two attached hydrogens (primary N) is 1. The molecule has 0 fully saturated rings. The van der Waals surface area contributed by atoms with Crippen LogP contribution in [0.15, 0.2) is 30.5 Å². The number of fused-ring (bicyclic) bond motifs is 1. The summed E-state index contributed by atoms with van der Waals surface area (Å²) in [6.07, 6.45) is 3.51. The SMILES string of the molecule is CC1(C)OCCn2cc(-c3ccc(CC(N)CCO)cc3)nc21. The molecule has 1 aromatic carbocycles. The second-order valence-electron chi connectivity index (χ2n) is 6.68. The third-order valence-corrected chi connectivity index (χ3v) is 4.36. The first kappa shape index (κ1) is 16.2. The van der Waals surface area contributed by atoms with Crippen molar-refractivity contribution in [2.75, 3.05) is 13.2 Å². The van der Waals surface area contributed by atoms with Crippen molar-refractivity contribution < 1.29 is 9.84 Å². The number of benzene rings is 1. The highest BCUT2D eigenvalue weighted by Crippen LogP contribution is 2.30. The maximum Gasteiger partial charge on any atom is 0.141 e.